The first-order valence-corrected chi connectivity index (χ1v) is 7.88. The van der Waals surface area contributed by atoms with Crippen molar-refractivity contribution in [1.29, 1.82) is 0 Å². The van der Waals surface area contributed by atoms with Gasteiger partial charge in [0.25, 0.3) is 0 Å². The van der Waals surface area contributed by atoms with Gasteiger partial charge in [-0.2, -0.15) is 4.98 Å². The van der Waals surface area contributed by atoms with Crippen LogP contribution in [0.3, 0.4) is 0 Å². The van der Waals surface area contributed by atoms with Gasteiger partial charge in [-0.25, -0.2) is 4.39 Å². The molecule has 5 nitrogen and oxygen atoms in total. The lowest BCUT2D eigenvalue weighted by atomic mass is 9.94. The molecule has 0 saturated heterocycles. The number of nitrogens with zero attached hydrogens (tertiary/aromatic N) is 3. The summed E-state index contributed by atoms with van der Waals surface area (Å²) in [5.41, 5.74) is 1.40. The molecular weight excluding hydrogens is 377 g/mol. The van der Waals surface area contributed by atoms with Crippen LogP contribution in [0.25, 0.3) is 11.4 Å². The topological polar surface area (TPSA) is 68.3 Å². The molecule has 24 heavy (non-hydrogen) atoms. The molecular formula is C17H9BrFN3O2. The van der Waals surface area contributed by atoms with Crippen molar-refractivity contribution >= 4 is 33.6 Å². The molecule has 0 amide bonds. The zero-order chi connectivity index (χ0) is 16.7. The zero-order valence-corrected chi connectivity index (χ0v) is 13.7. The van der Waals surface area contributed by atoms with Crippen LogP contribution >= 0.6 is 15.9 Å². The fraction of sp³-hybridized carbons (Fsp3) is 0.0588. The minimum absolute atomic E-state index is 0.133. The number of fused-ring (bicyclic) bond motifs is 1. The third kappa shape index (κ3) is 2.56. The third-order valence-electron chi connectivity index (χ3n) is 3.66. The van der Waals surface area contributed by atoms with Crippen LogP contribution in [-0.2, 0) is 0 Å². The van der Waals surface area contributed by atoms with Gasteiger partial charge in [0.05, 0.1) is 5.69 Å². The largest absolute Gasteiger partial charge is 0.338 e. The summed E-state index contributed by atoms with van der Waals surface area (Å²) in [6.45, 7) is 0. The van der Waals surface area contributed by atoms with Crippen LogP contribution < -0.4 is 0 Å². The van der Waals surface area contributed by atoms with E-state index in [0.29, 0.717) is 11.5 Å². The number of carbonyl (C=O) groups excluding carboxylic acids is 1. The Kier molecular flexibility index (Phi) is 3.57. The summed E-state index contributed by atoms with van der Waals surface area (Å²) >= 11 is 3.38. The standard InChI is InChI=1S/C17H9BrFN3O2/c18-10-3-1-2-9(6-10)16-21-17(24-22-16)13-8-20-14-5-4-11(19)7-12(14)15(13)23/h1-8,13H. The SMILES string of the molecule is O=C1c2cc(F)ccc2N=CC1c1nc(-c2cccc(Br)c2)no1. The number of carbonyl (C=O) groups is 1. The number of benzene rings is 2. The maximum atomic E-state index is 13.4. The normalized spacial score (nSPS) is 16.2. The van der Waals surface area contributed by atoms with E-state index < -0.39 is 11.7 Å². The van der Waals surface area contributed by atoms with Gasteiger partial charge < -0.3 is 4.52 Å². The van der Waals surface area contributed by atoms with E-state index in [1.165, 1.54) is 24.4 Å². The first-order valence-electron chi connectivity index (χ1n) is 7.09. The van der Waals surface area contributed by atoms with Crippen LogP contribution in [-0.4, -0.2) is 22.1 Å². The average molecular weight is 386 g/mol. The monoisotopic (exact) mass is 385 g/mol. The number of hydrogen-bond acceptors (Lipinski definition) is 5. The maximum absolute atomic E-state index is 13.4. The molecule has 0 N–H and O–H groups in total. The van der Waals surface area contributed by atoms with Gasteiger partial charge in [-0.15, -0.1) is 0 Å². The van der Waals surface area contributed by atoms with E-state index in [9.17, 15) is 9.18 Å². The summed E-state index contributed by atoms with van der Waals surface area (Å²) in [4.78, 5) is 21.1. The van der Waals surface area contributed by atoms with Crippen molar-refractivity contribution in [2.24, 2.45) is 4.99 Å². The Morgan fingerprint density at radius 2 is 2.04 bits per heavy atom. The van der Waals surface area contributed by atoms with Gasteiger partial charge in [-0.05, 0) is 30.3 Å². The fourth-order valence-electron chi connectivity index (χ4n) is 2.49. The van der Waals surface area contributed by atoms with E-state index in [0.717, 1.165) is 10.0 Å². The highest BCUT2D eigenvalue weighted by Crippen LogP contribution is 2.31. The van der Waals surface area contributed by atoms with Crippen molar-refractivity contribution in [3.8, 4) is 11.4 Å². The van der Waals surface area contributed by atoms with Gasteiger partial charge in [0.1, 0.15) is 11.7 Å². The summed E-state index contributed by atoms with van der Waals surface area (Å²) in [5, 5.41) is 3.92. The summed E-state index contributed by atoms with van der Waals surface area (Å²) in [6.07, 6.45) is 1.45. The van der Waals surface area contributed by atoms with Crippen LogP contribution in [0.1, 0.15) is 22.2 Å². The molecule has 2 aromatic carbocycles. The molecule has 1 unspecified atom stereocenters. The van der Waals surface area contributed by atoms with Crippen LogP contribution in [0, 0.1) is 5.82 Å². The van der Waals surface area contributed by atoms with E-state index >= 15 is 0 Å². The van der Waals surface area contributed by atoms with Gasteiger partial charge in [-0.3, -0.25) is 9.79 Å². The number of halogens is 2. The van der Waals surface area contributed by atoms with Crippen molar-refractivity contribution in [2.45, 2.75) is 5.92 Å². The smallest absolute Gasteiger partial charge is 0.243 e. The molecule has 3 aromatic rings. The fourth-order valence-corrected chi connectivity index (χ4v) is 2.89. The highest BCUT2D eigenvalue weighted by molar-refractivity contribution is 9.10. The number of aliphatic imine (C=N–C) groups is 1. The molecule has 1 aliphatic rings. The number of hydrogen-bond donors (Lipinski definition) is 0. The van der Waals surface area contributed by atoms with E-state index in [1.54, 1.807) is 0 Å². The minimum Gasteiger partial charge on any atom is -0.338 e. The van der Waals surface area contributed by atoms with E-state index in [-0.39, 0.29) is 17.2 Å². The lowest BCUT2D eigenvalue weighted by Crippen LogP contribution is -2.18. The van der Waals surface area contributed by atoms with E-state index in [4.69, 9.17) is 4.52 Å². The van der Waals surface area contributed by atoms with Gasteiger partial charge in [0.15, 0.2) is 5.78 Å². The number of ketones is 1. The Morgan fingerprint density at radius 3 is 2.88 bits per heavy atom. The summed E-state index contributed by atoms with van der Waals surface area (Å²) < 4.78 is 19.5. The Hall–Kier alpha value is -2.67. The molecule has 0 bridgehead atoms. The van der Waals surface area contributed by atoms with Crippen LogP contribution in [0.2, 0.25) is 0 Å². The molecule has 1 atom stereocenters. The van der Waals surface area contributed by atoms with Crippen LogP contribution in [0.4, 0.5) is 10.1 Å². The maximum Gasteiger partial charge on any atom is 0.243 e. The summed E-state index contributed by atoms with van der Waals surface area (Å²) in [6, 6.07) is 11.3. The molecule has 0 aliphatic carbocycles. The number of Topliss-reactive ketones (excluding diaryl/α,β-unsaturated/α-hetero) is 1. The molecule has 0 fully saturated rings. The molecule has 2 heterocycles. The van der Waals surface area contributed by atoms with Gasteiger partial charge in [0.2, 0.25) is 11.7 Å². The Balaban J connectivity index is 1.70. The quantitative estimate of drug-likeness (QED) is 0.658. The lowest BCUT2D eigenvalue weighted by molar-refractivity contribution is 0.0971. The molecule has 7 heteroatoms. The predicted octanol–water partition coefficient (Wildman–Crippen LogP) is 4.32. The van der Waals surface area contributed by atoms with Crippen molar-refractivity contribution in [3.05, 3.63) is 64.2 Å². The molecule has 1 aliphatic heterocycles. The lowest BCUT2D eigenvalue weighted by Gasteiger charge is -2.14. The minimum atomic E-state index is -0.812. The zero-order valence-electron chi connectivity index (χ0n) is 12.1. The molecule has 4 rings (SSSR count). The van der Waals surface area contributed by atoms with Gasteiger partial charge in [-0.1, -0.05) is 33.2 Å². The Morgan fingerprint density at radius 1 is 1.17 bits per heavy atom. The molecule has 0 saturated carbocycles. The first kappa shape index (κ1) is 14.9. The second-order valence-electron chi connectivity index (χ2n) is 5.25. The summed E-state index contributed by atoms with van der Waals surface area (Å²) in [5.74, 6) is -1.11. The third-order valence-corrected chi connectivity index (χ3v) is 4.15. The predicted molar refractivity (Wildman–Crippen MR) is 89.1 cm³/mol. The Labute approximate surface area is 144 Å². The first-order chi connectivity index (χ1) is 11.6. The highest BCUT2D eigenvalue weighted by Gasteiger charge is 2.31. The number of aromatic nitrogens is 2. The molecule has 1 aromatic heterocycles. The molecule has 118 valence electrons. The van der Waals surface area contributed by atoms with Crippen molar-refractivity contribution in [2.75, 3.05) is 0 Å². The molecule has 0 spiro atoms. The average Bonchev–Trinajstić information content (AvgIpc) is 3.05. The van der Waals surface area contributed by atoms with Crippen molar-refractivity contribution in [3.63, 3.8) is 0 Å². The van der Waals surface area contributed by atoms with Crippen LogP contribution in [0.5, 0.6) is 0 Å². The van der Waals surface area contributed by atoms with Crippen molar-refractivity contribution in [1.82, 2.24) is 10.1 Å². The second kappa shape index (κ2) is 5.76. The number of rotatable bonds is 2. The van der Waals surface area contributed by atoms with Crippen molar-refractivity contribution < 1.29 is 13.7 Å². The highest BCUT2D eigenvalue weighted by atomic mass is 79.9. The second-order valence-corrected chi connectivity index (χ2v) is 6.16. The van der Waals surface area contributed by atoms with Gasteiger partial charge >= 0.3 is 0 Å². The van der Waals surface area contributed by atoms with Gasteiger partial charge in [0, 0.05) is 21.8 Å². The summed E-state index contributed by atoms with van der Waals surface area (Å²) in [7, 11) is 0. The van der Waals surface area contributed by atoms with E-state index in [2.05, 4.69) is 31.1 Å². The Bertz CT molecular complexity index is 983. The molecule has 0 radical (unpaired) electrons. The van der Waals surface area contributed by atoms with E-state index in [1.807, 2.05) is 24.3 Å². The van der Waals surface area contributed by atoms with Crippen LogP contribution in [0.15, 0.2) is 56.5 Å².